The van der Waals surface area contributed by atoms with E-state index in [1.807, 2.05) is 0 Å². The van der Waals surface area contributed by atoms with E-state index in [2.05, 4.69) is 25.8 Å². The van der Waals surface area contributed by atoms with Gasteiger partial charge in [0.1, 0.15) is 12.4 Å². The van der Waals surface area contributed by atoms with Crippen LogP contribution >= 0.6 is 0 Å². The molecular weight excluding hydrogens is 210 g/mol. The summed E-state index contributed by atoms with van der Waals surface area (Å²) in [4.78, 5) is 11.5. The predicted octanol–water partition coefficient (Wildman–Crippen LogP) is -0.901. The molecule has 0 aliphatic rings. The summed E-state index contributed by atoms with van der Waals surface area (Å²) in [6.45, 7) is 0.397. The van der Waals surface area contributed by atoms with Gasteiger partial charge < -0.3 is 11.1 Å². The van der Waals surface area contributed by atoms with Crippen LogP contribution < -0.4 is 11.1 Å². The summed E-state index contributed by atoms with van der Waals surface area (Å²) in [5, 5.41) is 16.5. The number of rotatable bonds is 4. The number of nitrogens with zero attached hydrogens (tertiary/aromatic N) is 4. The van der Waals surface area contributed by atoms with Crippen LogP contribution in [-0.4, -0.2) is 31.1 Å². The lowest BCUT2D eigenvalue weighted by Gasteiger charge is -2.01. The summed E-state index contributed by atoms with van der Waals surface area (Å²) in [7, 11) is 0. The molecule has 0 bridgehead atoms. The maximum atomic E-state index is 11.5. The van der Waals surface area contributed by atoms with Crippen molar-refractivity contribution in [2.24, 2.45) is 5.73 Å². The summed E-state index contributed by atoms with van der Waals surface area (Å²) < 4.78 is 1.42. The molecule has 2 aromatic heterocycles. The van der Waals surface area contributed by atoms with Crippen LogP contribution in [0.2, 0.25) is 0 Å². The lowest BCUT2D eigenvalue weighted by molar-refractivity contribution is -0.116. The fourth-order valence-corrected chi connectivity index (χ4v) is 1.17. The van der Waals surface area contributed by atoms with Crippen LogP contribution in [0.1, 0.15) is 5.69 Å². The van der Waals surface area contributed by atoms with Crippen molar-refractivity contribution in [1.82, 2.24) is 25.2 Å². The van der Waals surface area contributed by atoms with Gasteiger partial charge in [-0.15, -0.1) is 5.10 Å². The minimum Gasteiger partial charge on any atom is -0.325 e. The molecule has 0 spiro atoms. The van der Waals surface area contributed by atoms with E-state index in [4.69, 9.17) is 5.73 Å². The van der Waals surface area contributed by atoms with Crippen molar-refractivity contribution in [2.45, 2.75) is 13.1 Å². The van der Waals surface area contributed by atoms with Crippen molar-refractivity contribution >= 4 is 11.7 Å². The van der Waals surface area contributed by atoms with E-state index < -0.39 is 0 Å². The van der Waals surface area contributed by atoms with Crippen LogP contribution in [0.5, 0.6) is 0 Å². The number of hydrogen-bond acceptors (Lipinski definition) is 5. The molecule has 0 aliphatic carbocycles. The molecule has 2 heterocycles. The molecule has 4 N–H and O–H groups in total. The molecule has 84 valence electrons. The van der Waals surface area contributed by atoms with E-state index in [1.165, 1.54) is 4.68 Å². The molecule has 1 amide bonds. The van der Waals surface area contributed by atoms with Crippen LogP contribution in [0.4, 0.5) is 5.82 Å². The Morgan fingerprint density at radius 1 is 1.62 bits per heavy atom. The number of aromatic nitrogens is 5. The van der Waals surface area contributed by atoms with Crippen LogP contribution in [0, 0.1) is 0 Å². The average molecular weight is 221 g/mol. The highest BCUT2D eigenvalue weighted by molar-refractivity contribution is 5.89. The SMILES string of the molecule is NCc1cn(CC(=O)Nc2ccn[nH]2)nn1. The Hall–Kier alpha value is -2.22. The first kappa shape index (κ1) is 10.3. The summed E-state index contributed by atoms with van der Waals surface area (Å²) in [6, 6.07) is 1.66. The molecule has 8 heteroatoms. The van der Waals surface area contributed by atoms with Crippen molar-refractivity contribution in [2.75, 3.05) is 5.32 Å². The molecule has 0 saturated heterocycles. The molecule has 16 heavy (non-hydrogen) atoms. The predicted molar refractivity (Wildman–Crippen MR) is 55.1 cm³/mol. The van der Waals surface area contributed by atoms with Crippen molar-refractivity contribution < 1.29 is 4.79 Å². The first-order valence-corrected chi connectivity index (χ1v) is 4.66. The summed E-state index contributed by atoms with van der Waals surface area (Å²) >= 11 is 0. The Morgan fingerprint density at radius 3 is 3.12 bits per heavy atom. The van der Waals surface area contributed by atoms with Crippen molar-refractivity contribution in [1.29, 1.82) is 0 Å². The van der Waals surface area contributed by atoms with Gasteiger partial charge in [0.25, 0.3) is 0 Å². The summed E-state index contributed by atoms with van der Waals surface area (Å²) in [5.74, 6) is 0.335. The number of anilines is 1. The van der Waals surface area contributed by atoms with Gasteiger partial charge in [0.15, 0.2) is 0 Å². The minimum absolute atomic E-state index is 0.0893. The van der Waals surface area contributed by atoms with Gasteiger partial charge in [-0.2, -0.15) is 5.10 Å². The second-order valence-corrected chi connectivity index (χ2v) is 3.13. The Morgan fingerprint density at radius 2 is 2.50 bits per heavy atom. The number of hydrogen-bond donors (Lipinski definition) is 3. The number of carbonyl (C=O) groups excluding carboxylic acids is 1. The summed E-state index contributed by atoms with van der Waals surface area (Å²) in [6.07, 6.45) is 3.18. The number of nitrogens with two attached hydrogens (primary N) is 1. The van der Waals surface area contributed by atoms with E-state index in [9.17, 15) is 4.79 Å². The minimum atomic E-state index is -0.210. The van der Waals surface area contributed by atoms with E-state index in [-0.39, 0.29) is 12.5 Å². The Bertz CT molecular complexity index is 460. The lowest BCUT2D eigenvalue weighted by Crippen LogP contribution is -2.19. The highest BCUT2D eigenvalue weighted by atomic mass is 16.2. The van der Waals surface area contributed by atoms with Gasteiger partial charge in [-0.3, -0.25) is 9.89 Å². The maximum absolute atomic E-state index is 11.5. The third-order valence-corrected chi connectivity index (χ3v) is 1.88. The van der Waals surface area contributed by atoms with Crippen LogP contribution in [-0.2, 0) is 17.9 Å². The molecule has 0 saturated carbocycles. The number of amides is 1. The van der Waals surface area contributed by atoms with Crippen LogP contribution in [0.3, 0.4) is 0 Å². The number of H-pyrrole nitrogens is 1. The zero-order chi connectivity index (χ0) is 11.4. The molecule has 0 aromatic carbocycles. The molecule has 2 rings (SSSR count). The smallest absolute Gasteiger partial charge is 0.247 e. The van der Waals surface area contributed by atoms with Gasteiger partial charge >= 0.3 is 0 Å². The molecule has 8 nitrogen and oxygen atoms in total. The second kappa shape index (κ2) is 4.53. The standard InChI is InChI=1S/C8H11N7O/c9-3-6-4-15(14-12-6)5-8(16)11-7-1-2-10-13-7/h1-2,4H,3,5,9H2,(H2,10,11,13,16). The number of aromatic amines is 1. The lowest BCUT2D eigenvalue weighted by atomic mass is 10.5. The van der Waals surface area contributed by atoms with Gasteiger partial charge in [-0.1, -0.05) is 5.21 Å². The topological polar surface area (TPSA) is 115 Å². The Labute approximate surface area is 90.8 Å². The van der Waals surface area contributed by atoms with Crippen molar-refractivity contribution in [3.63, 3.8) is 0 Å². The second-order valence-electron chi connectivity index (χ2n) is 3.13. The van der Waals surface area contributed by atoms with E-state index in [0.717, 1.165) is 0 Å². The molecule has 0 radical (unpaired) electrons. The largest absolute Gasteiger partial charge is 0.325 e. The average Bonchev–Trinajstić information content (AvgIpc) is 2.89. The fraction of sp³-hybridized carbons (Fsp3) is 0.250. The monoisotopic (exact) mass is 221 g/mol. The van der Waals surface area contributed by atoms with Gasteiger partial charge in [-0.25, -0.2) is 4.68 Å². The maximum Gasteiger partial charge on any atom is 0.247 e. The fourth-order valence-electron chi connectivity index (χ4n) is 1.17. The molecule has 0 fully saturated rings. The summed E-state index contributed by atoms with van der Waals surface area (Å²) in [5.41, 5.74) is 6.02. The Balaban J connectivity index is 1.92. The normalized spacial score (nSPS) is 10.3. The van der Waals surface area contributed by atoms with Crippen molar-refractivity contribution in [3.05, 3.63) is 24.2 Å². The quantitative estimate of drug-likeness (QED) is 0.618. The van der Waals surface area contributed by atoms with Crippen LogP contribution in [0.25, 0.3) is 0 Å². The van der Waals surface area contributed by atoms with Gasteiger partial charge in [0.05, 0.1) is 18.1 Å². The van der Waals surface area contributed by atoms with Gasteiger partial charge in [0.2, 0.25) is 5.91 Å². The highest BCUT2D eigenvalue weighted by Crippen LogP contribution is 1.99. The Kier molecular flexibility index (Phi) is 2.92. The highest BCUT2D eigenvalue weighted by Gasteiger charge is 2.06. The van der Waals surface area contributed by atoms with Gasteiger partial charge in [-0.05, 0) is 0 Å². The van der Waals surface area contributed by atoms with E-state index in [1.54, 1.807) is 18.5 Å². The van der Waals surface area contributed by atoms with Crippen molar-refractivity contribution in [3.8, 4) is 0 Å². The first-order chi connectivity index (χ1) is 7.78. The van der Waals surface area contributed by atoms with Crippen LogP contribution in [0.15, 0.2) is 18.5 Å². The molecular formula is C8H11N7O. The molecule has 2 aromatic rings. The third kappa shape index (κ3) is 2.42. The first-order valence-electron chi connectivity index (χ1n) is 4.66. The number of nitrogens with one attached hydrogen (secondary N) is 2. The molecule has 0 unspecified atom stereocenters. The third-order valence-electron chi connectivity index (χ3n) is 1.88. The number of carbonyl (C=O) groups is 1. The zero-order valence-electron chi connectivity index (χ0n) is 8.42. The zero-order valence-corrected chi connectivity index (χ0v) is 8.42. The van der Waals surface area contributed by atoms with E-state index >= 15 is 0 Å². The van der Waals surface area contributed by atoms with E-state index in [0.29, 0.717) is 18.1 Å². The van der Waals surface area contributed by atoms with Gasteiger partial charge in [0, 0.05) is 12.6 Å². The molecule has 0 aliphatic heterocycles. The molecule has 0 atom stereocenters.